The van der Waals surface area contributed by atoms with Gasteiger partial charge in [0.05, 0.1) is 0 Å². The van der Waals surface area contributed by atoms with Gasteiger partial charge in [-0.1, -0.05) is 0 Å². The summed E-state index contributed by atoms with van der Waals surface area (Å²) < 4.78 is 0. The Morgan fingerprint density at radius 1 is 1.47 bits per heavy atom. The normalized spacial score (nSPS) is 9.94. The molecule has 0 bridgehead atoms. The van der Waals surface area contributed by atoms with Crippen LogP contribution in [0.15, 0.2) is 24.4 Å². The standard InChI is InChI=1S/C12H14N2O2.H2O/c1-8(15)13-5-4-9-7-14-12-3-2-10(16)6-11(9)12;/h2-3,6-7,14,16H,4-5H2,1H3,(H,13,15);1H2. The Bertz CT molecular complexity index is 519. The maximum Gasteiger partial charge on any atom is 0.216 e. The van der Waals surface area contributed by atoms with E-state index in [9.17, 15) is 9.90 Å². The lowest BCUT2D eigenvalue weighted by Gasteiger charge is -2.01. The van der Waals surface area contributed by atoms with Crippen LogP contribution < -0.4 is 5.32 Å². The molecule has 1 amide bonds. The van der Waals surface area contributed by atoms with E-state index in [0.717, 1.165) is 22.9 Å². The van der Waals surface area contributed by atoms with Gasteiger partial charge in [-0.05, 0) is 30.2 Å². The van der Waals surface area contributed by atoms with Crippen LogP contribution in [0.5, 0.6) is 5.75 Å². The van der Waals surface area contributed by atoms with Crippen LogP contribution in [-0.4, -0.2) is 28.0 Å². The quantitative estimate of drug-likeness (QED) is 0.732. The van der Waals surface area contributed by atoms with Crippen LogP contribution in [0.3, 0.4) is 0 Å². The molecule has 2 rings (SSSR count). The highest BCUT2D eigenvalue weighted by molar-refractivity contribution is 5.84. The fourth-order valence-corrected chi connectivity index (χ4v) is 1.75. The molecule has 2 aromatic rings. The molecule has 0 saturated heterocycles. The van der Waals surface area contributed by atoms with Gasteiger partial charge in [0.1, 0.15) is 5.75 Å². The van der Waals surface area contributed by atoms with Crippen molar-refractivity contribution in [2.24, 2.45) is 0 Å². The van der Waals surface area contributed by atoms with Crippen molar-refractivity contribution < 1.29 is 15.4 Å². The lowest BCUT2D eigenvalue weighted by Crippen LogP contribution is -2.22. The molecule has 0 unspecified atom stereocenters. The van der Waals surface area contributed by atoms with Crippen LogP contribution in [-0.2, 0) is 11.2 Å². The third kappa shape index (κ3) is 2.98. The smallest absolute Gasteiger partial charge is 0.216 e. The number of H-pyrrole nitrogens is 1. The number of nitrogens with one attached hydrogen (secondary N) is 2. The second kappa shape index (κ2) is 5.36. The van der Waals surface area contributed by atoms with Gasteiger partial charge in [0, 0.05) is 30.6 Å². The number of carbonyl (C=O) groups excluding carboxylic acids is 1. The Morgan fingerprint density at radius 2 is 2.24 bits per heavy atom. The summed E-state index contributed by atoms with van der Waals surface area (Å²) in [4.78, 5) is 13.9. The number of phenolic OH excluding ortho intramolecular Hbond substituents is 1. The minimum absolute atomic E-state index is 0. The molecule has 92 valence electrons. The summed E-state index contributed by atoms with van der Waals surface area (Å²) in [5, 5.41) is 13.2. The predicted octanol–water partition coefficient (Wildman–Crippen LogP) is 0.727. The van der Waals surface area contributed by atoms with Crippen LogP contribution in [0.1, 0.15) is 12.5 Å². The highest BCUT2D eigenvalue weighted by Crippen LogP contribution is 2.22. The maximum atomic E-state index is 10.7. The molecule has 5 nitrogen and oxygen atoms in total. The van der Waals surface area contributed by atoms with Gasteiger partial charge in [-0.15, -0.1) is 0 Å². The number of fused-ring (bicyclic) bond motifs is 1. The second-order valence-corrected chi connectivity index (χ2v) is 3.78. The highest BCUT2D eigenvalue weighted by Gasteiger charge is 2.04. The van der Waals surface area contributed by atoms with Crippen LogP contribution >= 0.6 is 0 Å². The maximum absolute atomic E-state index is 10.7. The third-order valence-electron chi connectivity index (χ3n) is 2.52. The average molecular weight is 236 g/mol. The Morgan fingerprint density at radius 3 is 2.94 bits per heavy atom. The van der Waals surface area contributed by atoms with Crippen molar-refractivity contribution in [3.63, 3.8) is 0 Å². The molecule has 0 fully saturated rings. The van der Waals surface area contributed by atoms with E-state index in [1.165, 1.54) is 6.92 Å². The zero-order valence-electron chi connectivity index (χ0n) is 9.58. The number of aromatic hydroxyl groups is 1. The monoisotopic (exact) mass is 236 g/mol. The third-order valence-corrected chi connectivity index (χ3v) is 2.52. The summed E-state index contributed by atoms with van der Waals surface area (Å²) in [6.07, 6.45) is 2.66. The minimum Gasteiger partial charge on any atom is -0.508 e. The fourth-order valence-electron chi connectivity index (χ4n) is 1.75. The molecule has 1 heterocycles. The first-order chi connectivity index (χ1) is 7.66. The van der Waals surface area contributed by atoms with Crippen molar-refractivity contribution in [1.82, 2.24) is 10.3 Å². The number of carbonyl (C=O) groups is 1. The average Bonchev–Trinajstić information content (AvgIpc) is 2.60. The minimum atomic E-state index is -0.0253. The van der Waals surface area contributed by atoms with Crippen molar-refractivity contribution in [2.45, 2.75) is 13.3 Å². The summed E-state index contributed by atoms with van der Waals surface area (Å²) >= 11 is 0. The molecule has 0 spiro atoms. The van der Waals surface area contributed by atoms with E-state index in [1.54, 1.807) is 12.1 Å². The van der Waals surface area contributed by atoms with Gasteiger partial charge in [-0.2, -0.15) is 0 Å². The van der Waals surface area contributed by atoms with E-state index in [1.807, 2.05) is 12.3 Å². The van der Waals surface area contributed by atoms with E-state index in [4.69, 9.17) is 0 Å². The van der Waals surface area contributed by atoms with Gasteiger partial charge >= 0.3 is 0 Å². The Hall–Kier alpha value is -2.01. The van der Waals surface area contributed by atoms with E-state index in [0.29, 0.717) is 6.54 Å². The van der Waals surface area contributed by atoms with Gasteiger partial charge in [0.2, 0.25) is 5.91 Å². The summed E-state index contributed by atoms with van der Waals surface area (Å²) in [6.45, 7) is 2.11. The highest BCUT2D eigenvalue weighted by atomic mass is 16.3. The molecule has 5 N–H and O–H groups in total. The molecular weight excluding hydrogens is 220 g/mol. The molecule has 0 aliphatic heterocycles. The second-order valence-electron chi connectivity index (χ2n) is 3.78. The number of rotatable bonds is 3. The Labute approximate surface area is 98.8 Å². The van der Waals surface area contributed by atoms with Gasteiger partial charge in [-0.25, -0.2) is 0 Å². The fraction of sp³-hybridized carbons (Fsp3) is 0.250. The molecule has 1 aromatic heterocycles. The van der Waals surface area contributed by atoms with Crippen molar-refractivity contribution in [3.05, 3.63) is 30.0 Å². The zero-order chi connectivity index (χ0) is 11.5. The number of hydrogen-bond acceptors (Lipinski definition) is 2. The lowest BCUT2D eigenvalue weighted by molar-refractivity contribution is -0.118. The predicted molar refractivity (Wildman–Crippen MR) is 66.0 cm³/mol. The topological polar surface area (TPSA) is 96.6 Å². The zero-order valence-corrected chi connectivity index (χ0v) is 9.58. The molecule has 0 saturated carbocycles. The first kappa shape index (κ1) is 13.1. The molecule has 0 aliphatic rings. The van der Waals surface area contributed by atoms with Crippen LogP contribution in [0, 0.1) is 0 Å². The van der Waals surface area contributed by atoms with E-state index >= 15 is 0 Å². The van der Waals surface area contributed by atoms with Crippen LogP contribution in [0.4, 0.5) is 0 Å². The number of amides is 1. The van der Waals surface area contributed by atoms with Gasteiger partial charge < -0.3 is 20.9 Å². The molecule has 1 aromatic carbocycles. The summed E-state index contributed by atoms with van der Waals surface area (Å²) in [5.41, 5.74) is 2.09. The van der Waals surface area contributed by atoms with Crippen molar-refractivity contribution in [2.75, 3.05) is 6.54 Å². The molecule has 0 radical (unpaired) electrons. The van der Waals surface area contributed by atoms with Gasteiger partial charge in [0.15, 0.2) is 0 Å². The largest absolute Gasteiger partial charge is 0.508 e. The number of benzene rings is 1. The molecule has 0 aliphatic carbocycles. The summed E-state index contributed by atoms with van der Waals surface area (Å²) in [6, 6.07) is 5.22. The first-order valence-electron chi connectivity index (χ1n) is 5.20. The van der Waals surface area contributed by atoms with E-state index < -0.39 is 0 Å². The lowest BCUT2D eigenvalue weighted by atomic mass is 10.1. The summed E-state index contributed by atoms with van der Waals surface area (Å²) in [5.74, 6) is 0.232. The number of phenols is 1. The van der Waals surface area contributed by atoms with Crippen LogP contribution in [0.2, 0.25) is 0 Å². The summed E-state index contributed by atoms with van der Waals surface area (Å²) in [7, 11) is 0. The van der Waals surface area contributed by atoms with Crippen molar-refractivity contribution >= 4 is 16.8 Å². The molecule has 17 heavy (non-hydrogen) atoms. The molecule has 0 atom stereocenters. The van der Waals surface area contributed by atoms with E-state index in [2.05, 4.69) is 10.3 Å². The van der Waals surface area contributed by atoms with E-state index in [-0.39, 0.29) is 17.1 Å². The van der Waals surface area contributed by atoms with Crippen molar-refractivity contribution in [3.8, 4) is 5.75 Å². The Balaban J connectivity index is 0.00000144. The number of hydrogen-bond donors (Lipinski definition) is 3. The van der Waals surface area contributed by atoms with Crippen LogP contribution in [0.25, 0.3) is 10.9 Å². The van der Waals surface area contributed by atoms with Gasteiger partial charge in [-0.3, -0.25) is 4.79 Å². The molecular formula is C12H16N2O3. The van der Waals surface area contributed by atoms with Crippen molar-refractivity contribution in [1.29, 1.82) is 0 Å². The van der Waals surface area contributed by atoms with Gasteiger partial charge in [0.25, 0.3) is 0 Å². The SMILES string of the molecule is CC(=O)NCCc1c[nH]c2ccc(O)cc12.O. The molecule has 5 heteroatoms. The Kier molecular flexibility index (Phi) is 4.12. The number of aromatic amines is 1. The number of aromatic nitrogens is 1. The first-order valence-corrected chi connectivity index (χ1v) is 5.20.